The zero-order valence-corrected chi connectivity index (χ0v) is 30.0. The quantitative estimate of drug-likeness (QED) is 0.0407. The molecular weight excluding hydrogens is 564 g/mol. The van der Waals surface area contributed by atoms with E-state index in [-0.39, 0.29) is 19.3 Å². The lowest BCUT2D eigenvalue weighted by Crippen LogP contribution is -2.57. The summed E-state index contributed by atoms with van der Waals surface area (Å²) in [6.07, 6.45) is 29.8. The van der Waals surface area contributed by atoms with Crippen LogP contribution < -0.4 is 0 Å². The maximum Gasteiger partial charge on any atom is 0.305 e. The summed E-state index contributed by atoms with van der Waals surface area (Å²) >= 11 is 0. The summed E-state index contributed by atoms with van der Waals surface area (Å²) < 4.78 is 5.08. The summed E-state index contributed by atoms with van der Waals surface area (Å²) in [4.78, 5) is 38.2. The van der Waals surface area contributed by atoms with Gasteiger partial charge in [-0.2, -0.15) is 0 Å². The third-order valence-electron chi connectivity index (χ3n) is 9.20. The summed E-state index contributed by atoms with van der Waals surface area (Å²) in [5.41, 5.74) is -2.51. The number of carbonyl (C=O) groups excluding carboxylic acids is 3. The molecule has 0 bridgehead atoms. The average molecular weight is 639 g/mol. The Morgan fingerprint density at radius 2 is 0.756 bits per heavy atom. The fraction of sp³-hybridized carbons (Fsp3) is 0.923. The fourth-order valence-electron chi connectivity index (χ4n) is 6.08. The molecule has 0 aromatic heterocycles. The maximum atomic E-state index is 13.2. The van der Waals surface area contributed by atoms with Crippen LogP contribution >= 0.6 is 0 Å². The van der Waals surface area contributed by atoms with Crippen LogP contribution in [-0.4, -0.2) is 46.1 Å². The maximum absolute atomic E-state index is 13.2. The van der Waals surface area contributed by atoms with Crippen LogP contribution in [0.3, 0.4) is 0 Å². The first kappa shape index (κ1) is 43.7. The second-order valence-corrected chi connectivity index (χ2v) is 13.5. The Morgan fingerprint density at radius 3 is 1.04 bits per heavy atom. The van der Waals surface area contributed by atoms with E-state index in [9.17, 15) is 24.6 Å². The SMILES string of the molecule is CCCCCCCCCCCCCCCC(=O)C(O)(C(=O)CCCCCCCCCCCCCCC)C(O)COC(=O)CCC. The summed E-state index contributed by atoms with van der Waals surface area (Å²) in [6, 6.07) is 0. The lowest BCUT2D eigenvalue weighted by Gasteiger charge is -2.30. The van der Waals surface area contributed by atoms with Gasteiger partial charge in [0.1, 0.15) is 12.7 Å². The molecule has 266 valence electrons. The highest BCUT2D eigenvalue weighted by molar-refractivity contribution is 6.10. The minimum absolute atomic E-state index is 0.0402. The van der Waals surface area contributed by atoms with Gasteiger partial charge in [-0.1, -0.05) is 175 Å². The molecule has 45 heavy (non-hydrogen) atoms. The first-order valence-electron chi connectivity index (χ1n) is 19.5. The normalized spacial score (nSPS) is 12.4. The van der Waals surface area contributed by atoms with Gasteiger partial charge in [0.15, 0.2) is 11.6 Å². The molecule has 0 heterocycles. The van der Waals surface area contributed by atoms with Gasteiger partial charge >= 0.3 is 5.97 Å². The third kappa shape index (κ3) is 23.7. The van der Waals surface area contributed by atoms with Gasteiger partial charge in [-0.05, 0) is 19.3 Å². The molecule has 0 aliphatic rings. The largest absolute Gasteiger partial charge is 0.463 e. The van der Waals surface area contributed by atoms with Gasteiger partial charge in [0.25, 0.3) is 0 Å². The summed E-state index contributed by atoms with van der Waals surface area (Å²) in [6.45, 7) is 5.78. The summed E-state index contributed by atoms with van der Waals surface area (Å²) in [5, 5.41) is 22.1. The molecule has 0 aliphatic carbocycles. The Morgan fingerprint density at radius 1 is 0.467 bits per heavy atom. The number of hydrogen-bond donors (Lipinski definition) is 2. The molecule has 6 nitrogen and oxygen atoms in total. The van der Waals surface area contributed by atoms with Crippen LogP contribution in [0.2, 0.25) is 0 Å². The van der Waals surface area contributed by atoms with Crippen molar-refractivity contribution < 1.29 is 29.3 Å². The van der Waals surface area contributed by atoms with Crippen molar-refractivity contribution in [1.82, 2.24) is 0 Å². The van der Waals surface area contributed by atoms with Gasteiger partial charge < -0.3 is 14.9 Å². The topological polar surface area (TPSA) is 101 Å². The summed E-state index contributed by atoms with van der Waals surface area (Å²) in [5.74, 6) is -1.81. The molecule has 0 fully saturated rings. The smallest absolute Gasteiger partial charge is 0.305 e. The Balaban J connectivity index is 4.45. The third-order valence-corrected chi connectivity index (χ3v) is 9.20. The highest BCUT2D eigenvalue weighted by atomic mass is 16.5. The van der Waals surface area contributed by atoms with Crippen LogP contribution in [0.5, 0.6) is 0 Å². The number of unbranched alkanes of at least 4 members (excludes halogenated alkanes) is 24. The zero-order chi connectivity index (χ0) is 33.4. The van der Waals surface area contributed by atoms with Gasteiger partial charge in [0.05, 0.1) is 0 Å². The first-order chi connectivity index (χ1) is 21.8. The number of esters is 1. The van der Waals surface area contributed by atoms with E-state index in [0.29, 0.717) is 19.3 Å². The van der Waals surface area contributed by atoms with Gasteiger partial charge in [-0.25, -0.2) is 0 Å². The highest BCUT2D eigenvalue weighted by Crippen LogP contribution is 2.23. The van der Waals surface area contributed by atoms with Crippen molar-refractivity contribution in [2.75, 3.05) is 6.61 Å². The van der Waals surface area contributed by atoms with E-state index in [1.807, 2.05) is 6.92 Å². The van der Waals surface area contributed by atoms with Crippen LogP contribution in [0, 0.1) is 0 Å². The number of rotatable bonds is 35. The number of aliphatic hydroxyl groups is 2. The van der Waals surface area contributed by atoms with Crippen molar-refractivity contribution in [3.63, 3.8) is 0 Å². The minimum atomic E-state index is -2.51. The number of ether oxygens (including phenoxy) is 1. The molecule has 1 atom stereocenters. The molecule has 0 amide bonds. The van der Waals surface area contributed by atoms with E-state index in [1.54, 1.807) is 0 Å². The van der Waals surface area contributed by atoms with Gasteiger partial charge in [0.2, 0.25) is 5.60 Å². The van der Waals surface area contributed by atoms with Crippen molar-refractivity contribution in [3.8, 4) is 0 Å². The number of carbonyl (C=O) groups is 3. The van der Waals surface area contributed by atoms with Gasteiger partial charge in [-0.15, -0.1) is 0 Å². The predicted octanol–water partition coefficient (Wildman–Crippen LogP) is 10.5. The average Bonchev–Trinajstić information content (AvgIpc) is 3.03. The molecular formula is C39H74O6. The number of hydrogen-bond acceptors (Lipinski definition) is 6. The fourth-order valence-corrected chi connectivity index (χ4v) is 6.08. The summed E-state index contributed by atoms with van der Waals surface area (Å²) in [7, 11) is 0. The van der Waals surface area contributed by atoms with E-state index in [2.05, 4.69) is 13.8 Å². The number of ketones is 2. The van der Waals surface area contributed by atoms with Crippen LogP contribution in [0.15, 0.2) is 0 Å². The van der Waals surface area contributed by atoms with Crippen molar-refractivity contribution in [3.05, 3.63) is 0 Å². The highest BCUT2D eigenvalue weighted by Gasteiger charge is 2.49. The Bertz CT molecular complexity index is 664. The molecule has 0 rings (SSSR count). The van der Waals surface area contributed by atoms with Crippen molar-refractivity contribution in [1.29, 1.82) is 0 Å². The van der Waals surface area contributed by atoms with Gasteiger partial charge in [-0.3, -0.25) is 14.4 Å². The molecule has 0 radical (unpaired) electrons. The van der Waals surface area contributed by atoms with Crippen LogP contribution in [0.25, 0.3) is 0 Å². The molecule has 2 N–H and O–H groups in total. The molecule has 0 aromatic carbocycles. The van der Waals surface area contributed by atoms with Crippen molar-refractivity contribution in [2.45, 2.75) is 225 Å². The second kappa shape index (κ2) is 31.3. The molecule has 6 heteroatoms. The second-order valence-electron chi connectivity index (χ2n) is 13.5. The van der Waals surface area contributed by atoms with Crippen molar-refractivity contribution >= 4 is 17.5 Å². The molecule has 0 aliphatic heterocycles. The van der Waals surface area contributed by atoms with Gasteiger partial charge in [0, 0.05) is 19.3 Å². The molecule has 0 spiro atoms. The Kier molecular flexibility index (Phi) is 30.5. The van der Waals surface area contributed by atoms with E-state index >= 15 is 0 Å². The number of Topliss-reactive ketones (excluding diaryl/α,β-unsaturated/α-hetero) is 2. The molecule has 0 saturated heterocycles. The van der Waals surface area contributed by atoms with E-state index < -0.39 is 35.8 Å². The number of aliphatic hydroxyl groups excluding tert-OH is 1. The molecule has 0 aromatic rings. The standard InChI is InChI=1S/C39H74O6/c1-4-7-9-11-13-15-17-19-21-23-25-27-29-32-35(40)39(44,37(42)34-45-38(43)31-6-3)36(41)33-30-28-26-24-22-20-18-16-14-12-10-8-5-2/h37,42,44H,4-34H2,1-3H3. The lowest BCUT2D eigenvalue weighted by atomic mass is 9.82. The molecule has 1 unspecified atom stereocenters. The van der Waals surface area contributed by atoms with E-state index in [0.717, 1.165) is 38.5 Å². The van der Waals surface area contributed by atoms with Crippen molar-refractivity contribution in [2.24, 2.45) is 0 Å². The lowest BCUT2D eigenvalue weighted by molar-refractivity contribution is -0.172. The zero-order valence-electron chi connectivity index (χ0n) is 30.0. The molecule has 0 saturated carbocycles. The van der Waals surface area contributed by atoms with Crippen LogP contribution in [-0.2, 0) is 19.1 Å². The van der Waals surface area contributed by atoms with Crippen LogP contribution in [0.4, 0.5) is 0 Å². The van der Waals surface area contributed by atoms with E-state index in [1.165, 1.54) is 116 Å². The Labute approximate surface area is 278 Å². The monoisotopic (exact) mass is 639 g/mol. The van der Waals surface area contributed by atoms with E-state index in [4.69, 9.17) is 4.74 Å². The minimum Gasteiger partial charge on any atom is -0.463 e. The van der Waals surface area contributed by atoms with Crippen LogP contribution in [0.1, 0.15) is 213 Å². The first-order valence-corrected chi connectivity index (χ1v) is 19.5. The Hall–Kier alpha value is -1.27. The predicted molar refractivity (Wildman–Crippen MR) is 187 cm³/mol.